The quantitative estimate of drug-likeness (QED) is 0.631. The molecule has 2 aliphatic rings. The van der Waals surface area contributed by atoms with Crippen LogP contribution in [0, 0.1) is 0 Å². The van der Waals surface area contributed by atoms with Crippen LogP contribution in [0.2, 0.25) is 0 Å². The van der Waals surface area contributed by atoms with Gasteiger partial charge in [0.2, 0.25) is 5.91 Å². The van der Waals surface area contributed by atoms with Gasteiger partial charge in [-0.1, -0.05) is 6.58 Å². The second-order valence-electron chi connectivity index (χ2n) is 8.24. The van der Waals surface area contributed by atoms with Gasteiger partial charge >= 0.3 is 0 Å². The van der Waals surface area contributed by atoms with Gasteiger partial charge in [0.05, 0.1) is 12.2 Å². The summed E-state index contributed by atoms with van der Waals surface area (Å²) in [7, 11) is 0. The van der Waals surface area contributed by atoms with E-state index in [9.17, 15) is 14.4 Å². The zero-order valence-corrected chi connectivity index (χ0v) is 19.5. The Kier molecular flexibility index (Phi) is 5.77. The maximum absolute atomic E-state index is 13.6. The van der Waals surface area contributed by atoms with Crippen LogP contribution in [-0.2, 0) is 9.59 Å². The van der Waals surface area contributed by atoms with Gasteiger partial charge in [-0.3, -0.25) is 14.4 Å². The number of hydrogen-bond donors (Lipinski definition) is 2. The van der Waals surface area contributed by atoms with Crippen LogP contribution in [0.5, 0.6) is 0 Å². The van der Waals surface area contributed by atoms with Gasteiger partial charge in [0.25, 0.3) is 11.8 Å². The van der Waals surface area contributed by atoms with E-state index in [2.05, 4.69) is 38.1 Å². The molecule has 2 aliphatic heterocycles. The molecule has 1 spiro atoms. The fraction of sp³-hybridized carbons (Fsp3) is 0.304. The van der Waals surface area contributed by atoms with E-state index >= 15 is 0 Å². The second-order valence-corrected chi connectivity index (χ2v) is 9.16. The fourth-order valence-corrected chi connectivity index (χ4v) is 4.49. The van der Waals surface area contributed by atoms with E-state index in [0.717, 1.165) is 10.2 Å². The normalized spacial score (nSPS) is 19.7. The molecule has 2 aromatic rings. The number of hydrogen-bond acceptors (Lipinski definition) is 5. The number of fused-ring (bicyclic) bond motifs is 1. The number of carbonyl (C=O) groups excluding carboxylic acids is 3. The van der Waals surface area contributed by atoms with Crippen molar-refractivity contribution in [2.24, 2.45) is 0 Å². The molecule has 1 aromatic carbocycles. The number of halogens is 1. The van der Waals surface area contributed by atoms with E-state index in [1.54, 1.807) is 40.3 Å². The number of aromatic nitrogens is 1. The highest BCUT2D eigenvalue weighted by Gasteiger charge is 2.52. The first-order valence-corrected chi connectivity index (χ1v) is 11.1. The fourth-order valence-electron chi connectivity index (χ4n) is 4.17. The van der Waals surface area contributed by atoms with Crippen LogP contribution in [-0.4, -0.2) is 52.3 Å². The van der Waals surface area contributed by atoms with Crippen molar-refractivity contribution >= 4 is 50.8 Å². The third-order valence-corrected chi connectivity index (χ3v) is 6.17. The van der Waals surface area contributed by atoms with Crippen LogP contribution < -0.4 is 15.5 Å². The van der Waals surface area contributed by atoms with Crippen molar-refractivity contribution < 1.29 is 14.4 Å². The predicted molar refractivity (Wildman–Crippen MR) is 127 cm³/mol. The van der Waals surface area contributed by atoms with Gasteiger partial charge in [-0.2, -0.15) is 0 Å². The Labute approximate surface area is 194 Å². The molecule has 2 N–H and O–H groups in total. The molecule has 166 valence electrons. The molecule has 3 heterocycles. The van der Waals surface area contributed by atoms with Gasteiger partial charge < -0.3 is 20.4 Å². The Morgan fingerprint density at radius 2 is 2.03 bits per heavy atom. The number of anilines is 3. The van der Waals surface area contributed by atoms with E-state index in [0.29, 0.717) is 30.0 Å². The molecule has 1 aromatic heterocycles. The first-order valence-electron chi connectivity index (χ1n) is 10.3. The van der Waals surface area contributed by atoms with E-state index in [-0.39, 0.29) is 30.3 Å². The SMILES string of the molecule is C=CC(=O)Nc1ccc(C(=O)N2CCC3(C2)Nc2ncc(Br)cc2N(C(C)C)C3=O)cc1. The lowest BCUT2D eigenvalue weighted by molar-refractivity contribution is -0.123. The topological polar surface area (TPSA) is 94.6 Å². The van der Waals surface area contributed by atoms with Crippen molar-refractivity contribution in [3.05, 3.63) is 59.2 Å². The van der Waals surface area contributed by atoms with Crippen molar-refractivity contribution in [3.63, 3.8) is 0 Å². The van der Waals surface area contributed by atoms with Gasteiger partial charge in [0.1, 0.15) is 5.54 Å². The smallest absolute Gasteiger partial charge is 0.254 e. The minimum atomic E-state index is -0.911. The lowest BCUT2D eigenvalue weighted by Gasteiger charge is -2.42. The van der Waals surface area contributed by atoms with E-state index in [1.165, 1.54) is 6.08 Å². The Balaban J connectivity index is 1.56. The number of nitrogens with one attached hydrogen (secondary N) is 2. The van der Waals surface area contributed by atoms with Gasteiger partial charge in [0.15, 0.2) is 5.82 Å². The maximum atomic E-state index is 13.6. The summed E-state index contributed by atoms with van der Waals surface area (Å²) in [5.74, 6) is 0.0996. The molecule has 1 unspecified atom stereocenters. The van der Waals surface area contributed by atoms with Gasteiger partial charge in [0, 0.05) is 34.5 Å². The Morgan fingerprint density at radius 1 is 1.31 bits per heavy atom. The van der Waals surface area contributed by atoms with Crippen molar-refractivity contribution in [1.29, 1.82) is 0 Å². The summed E-state index contributed by atoms with van der Waals surface area (Å²) in [4.78, 5) is 46.1. The number of nitrogens with zero attached hydrogens (tertiary/aromatic N) is 3. The molecular weight excluding hydrogens is 474 g/mol. The third-order valence-electron chi connectivity index (χ3n) is 5.74. The van der Waals surface area contributed by atoms with E-state index in [1.807, 2.05) is 19.9 Å². The van der Waals surface area contributed by atoms with Crippen molar-refractivity contribution in [2.45, 2.75) is 31.8 Å². The third kappa shape index (κ3) is 3.88. The summed E-state index contributed by atoms with van der Waals surface area (Å²) in [6.07, 6.45) is 3.37. The van der Waals surface area contributed by atoms with Crippen LogP contribution in [0.1, 0.15) is 30.6 Å². The zero-order chi connectivity index (χ0) is 23.0. The second kappa shape index (κ2) is 8.38. The Hall–Kier alpha value is -3.20. The highest BCUT2D eigenvalue weighted by atomic mass is 79.9. The molecule has 1 atom stereocenters. The number of rotatable bonds is 4. The van der Waals surface area contributed by atoms with Crippen LogP contribution in [0.25, 0.3) is 0 Å². The Morgan fingerprint density at radius 3 is 2.69 bits per heavy atom. The van der Waals surface area contributed by atoms with Crippen LogP contribution in [0.4, 0.5) is 17.2 Å². The zero-order valence-electron chi connectivity index (χ0n) is 17.9. The molecule has 1 saturated heterocycles. The van der Waals surface area contributed by atoms with Crippen molar-refractivity contribution in [1.82, 2.24) is 9.88 Å². The number of likely N-dealkylation sites (tertiary alicyclic amines) is 1. The lowest BCUT2D eigenvalue weighted by Crippen LogP contribution is -2.61. The molecule has 0 bridgehead atoms. The molecule has 9 heteroatoms. The number of amides is 3. The van der Waals surface area contributed by atoms with Gasteiger partial charge in [-0.15, -0.1) is 0 Å². The summed E-state index contributed by atoms with van der Waals surface area (Å²) in [6, 6.07) is 8.49. The maximum Gasteiger partial charge on any atom is 0.254 e. The minimum absolute atomic E-state index is 0.0561. The average molecular weight is 498 g/mol. The number of benzene rings is 1. The van der Waals surface area contributed by atoms with Crippen molar-refractivity contribution in [2.75, 3.05) is 28.6 Å². The molecule has 0 saturated carbocycles. The molecule has 3 amide bonds. The largest absolute Gasteiger partial charge is 0.353 e. The number of carbonyl (C=O) groups is 3. The van der Waals surface area contributed by atoms with Crippen LogP contribution in [0.15, 0.2) is 53.7 Å². The number of pyridine rings is 1. The van der Waals surface area contributed by atoms with E-state index < -0.39 is 5.54 Å². The standard InChI is InChI=1S/C23H24BrN5O3/c1-4-19(30)26-17-7-5-15(6-8-17)21(31)28-10-9-23(13-28)22(32)29(14(2)3)18-11-16(24)12-25-20(18)27-23/h4-8,11-12,14H,1,9-10,13H2,2-3H3,(H,25,27)(H,26,30). The molecule has 4 rings (SSSR count). The average Bonchev–Trinajstić information content (AvgIpc) is 3.19. The van der Waals surface area contributed by atoms with Gasteiger partial charge in [-0.05, 0) is 72.6 Å². The lowest BCUT2D eigenvalue weighted by atomic mass is 9.92. The minimum Gasteiger partial charge on any atom is -0.353 e. The highest BCUT2D eigenvalue weighted by molar-refractivity contribution is 9.10. The predicted octanol–water partition coefficient (Wildman–Crippen LogP) is 3.42. The molecule has 1 fully saturated rings. The summed E-state index contributed by atoms with van der Waals surface area (Å²) in [5, 5.41) is 5.99. The summed E-state index contributed by atoms with van der Waals surface area (Å²) < 4.78 is 0.795. The van der Waals surface area contributed by atoms with E-state index in [4.69, 9.17) is 0 Å². The first kappa shape index (κ1) is 22.0. The molecule has 32 heavy (non-hydrogen) atoms. The van der Waals surface area contributed by atoms with Crippen molar-refractivity contribution in [3.8, 4) is 0 Å². The summed E-state index contributed by atoms with van der Waals surface area (Å²) in [5.41, 5.74) is 0.887. The highest BCUT2D eigenvalue weighted by Crippen LogP contribution is 2.40. The van der Waals surface area contributed by atoms with Crippen LogP contribution >= 0.6 is 15.9 Å². The first-order chi connectivity index (χ1) is 15.2. The Bertz CT molecular complexity index is 1100. The molecule has 0 radical (unpaired) electrons. The molecular formula is C23H24BrN5O3. The molecule has 8 nitrogen and oxygen atoms in total. The summed E-state index contributed by atoms with van der Waals surface area (Å²) in [6.45, 7) is 8.05. The summed E-state index contributed by atoms with van der Waals surface area (Å²) >= 11 is 3.43. The van der Waals surface area contributed by atoms with Crippen LogP contribution in [0.3, 0.4) is 0 Å². The monoisotopic (exact) mass is 497 g/mol. The van der Waals surface area contributed by atoms with Gasteiger partial charge in [-0.25, -0.2) is 4.98 Å². The molecule has 0 aliphatic carbocycles.